The van der Waals surface area contributed by atoms with Crippen LogP contribution in [-0.4, -0.2) is 47.9 Å². The predicted octanol–water partition coefficient (Wildman–Crippen LogP) is 2.46. The summed E-state index contributed by atoms with van der Waals surface area (Å²) in [4.78, 5) is 14.6. The minimum absolute atomic E-state index is 0.0222. The zero-order valence-corrected chi connectivity index (χ0v) is 12.0. The lowest BCUT2D eigenvalue weighted by Gasteiger charge is -2.30. The van der Waals surface area contributed by atoms with Gasteiger partial charge in [-0.1, -0.05) is 0 Å². The first-order chi connectivity index (χ1) is 9.24. The average Bonchev–Trinajstić information content (AvgIpc) is 3.23. The zero-order chi connectivity index (χ0) is 13.2. The molecular weight excluding hydrogens is 258 g/mol. The molecule has 1 atom stereocenters. The summed E-state index contributed by atoms with van der Waals surface area (Å²) in [6, 6.07) is 7.65. The number of ether oxygens (including phenoxy) is 1. The van der Waals surface area contributed by atoms with Crippen molar-refractivity contribution in [2.45, 2.75) is 25.0 Å². The van der Waals surface area contributed by atoms with Gasteiger partial charge < -0.3 is 4.74 Å². The topological polar surface area (TPSA) is 29.5 Å². The van der Waals surface area contributed by atoms with E-state index in [0.717, 1.165) is 42.2 Å². The van der Waals surface area contributed by atoms with Crippen molar-refractivity contribution < 1.29 is 9.53 Å². The highest BCUT2D eigenvalue weighted by atomic mass is 32.2. The molecule has 3 nitrogen and oxygen atoms in total. The zero-order valence-electron chi connectivity index (χ0n) is 11.2. The van der Waals surface area contributed by atoms with Crippen LogP contribution in [0.3, 0.4) is 0 Å². The standard InChI is InChI=1S/C15H19NO2S/c1-16-8-9-19-10-14(16)15(17)11-2-4-12(5-3-11)18-13-6-7-13/h2-5,13-14H,6-10H2,1H3. The lowest BCUT2D eigenvalue weighted by atomic mass is 10.0. The fraction of sp³-hybridized carbons (Fsp3) is 0.533. The normalized spacial score (nSPS) is 24.2. The number of likely N-dealkylation sites (N-methyl/N-ethyl adjacent to an activating group) is 1. The molecule has 1 unspecified atom stereocenters. The number of nitrogens with zero attached hydrogens (tertiary/aromatic N) is 1. The van der Waals surface area contributed by atoms with Crippen LogP contribution >= 0.6 is 11.8 Å². The maximum atomic E-state index is 12.5. The lowest BCUT2D eigenvalue weighted by Crippen LogP contribution is -2.44. The van der Waals surface area contributed by atoms with Crippen LogP contribution < -0.4 is 4.74 Å². The van der Waals surface area contributed by atoms with E-state index in [-0.39, 0.29) is 11.8 Å². The molecule has 1 aliphatic carbocycles. The maximum Gasteiger partial charge on any atom is 0.180 e. The Morgan fingerprint density at radius 2 is 2.05 bits per heavy atom. The highest BCUT2D eigenvalue weighted by molar-refractivity contribution is 7.99. The minimum Gasteiger partial charge on any atom is -0.490 e. The van der Waals surface area contributed by atoms with Crippen molar-refractivity contribution in [3.05, 3.63) is 29.8 Å². The van der Waals surface area contributed by atoms with E-state index in [1.807, 2.05) is 43.1 Å². The van der Waals surface area contributed by atoms with Crippen LogP contribution in [0.5, 0.6) is 5.75 Å². The number of thioether (sulfide) groups is 1. The average molecular weight is 277 g/mol. The van der Waals surface area contributed by atoms with Gasteiger partial charge in [-0.15, -0.1) is 0 Å². The summed E-state index contributed by atoms with van der Waals surface area (Å²) in [6.45, 7) is 0.990. The number of Topliss-reactive ketones (excluding diaryl/α,β-unsaturated/α-hetero) is 1. The summed E-state index contributed by atoms with van der Waals surface area (Å²) in [6.07, 6.45) is 2.72. The Morgan fingerprint density at radius 1 is 1.32 bits per heavy atom. The molecule has 1 aliphatic heterocycles. The van der Waals surface area contributed by atoms with Gasteiger partial charge in [-0.05, 0) is 44.2 Å². The SMILES string of the molecule is CN1CCSCC1C(=O)c1ccc(OC2CC2)cc1. The molecule has 3 rings (SSSR count). The van der Waals surface area contributed by atoms with Crippen molar-refractivity contribution in [2.24, 2.45) is 0 Å². The van der Waals surface area contributed by atoms with Crippen LogP contribution in [0.25, 0.3) is 0 Å². The van der Waals surface area contributed by atoms with E-state index in [1.54, 1.807) is 0 Å². The summed E-state index contributed by atoms with van der Waals surface area (Å²) >= 11 is 1.86. The third-order valence-corrected chi connectivity index (χ3v) is 4.69. The molecule has 4 heteroatoms. The molecule has 0 amide bonds. The van der Waals surface area contributed by atoms with Crippen LogP contribution in [0, 0.1) is 0 Å². The molecule has 102 valence electrons. The summed E-state index contributed by atoms with van der Waals surface area (Å²) in [7, 11) is 2.03. The molecule has 0 bridgehead atoms. The van der Waals surface area contributed by atoms with Crippen LogP contribution in [0.2, 0.25) is 0 Å². The van der Waals surface area contributed by atoms with Gasteiger partial charge in [-0.25, -0.2) is 0 Å². The lowest BCUT2D eigenvalue weighted by molar-refractivity contribution is 0.0874. The van der Waals surface area contributed by atoms with E-state index in [9.17, 15) is 4.79 Å². The molecule has 0 N–H and O–H groups in total. The summed E-state index contributed by atoms with van der Waals surface area (Å²) in [5.74, 6) is 3.13. The maximum absolute atomic E-state index is 12.5. The third-order valence-electron chi connectivity index (χ3n) is 3.66. The molecule has 2 fully saturated rings. The van der Waals surface area contributed by atoms with Gasteiger partial charge in [-0.2, -0.15) is 11.8 Å². The van der Waals surface area contributed by atoms with E-state index in [2.05, 4.69) is 4.90 Å². The van der Waals surface area contributed by atoms with Gasteiger partial charge in [0.2, 0.25) is 0 Å². The van der Waals surface area contributed by atoms with Crippen molar-refractivity contribution in [2.75, 3.05) is 25.1 Å². The number of hydrogen-bond donors (Lipinski definition) is 0. The van der Waals surface area contributed by atoms with E-state index in [0.29, 0.717) is 6.10 Å². The Kier molecular flexibility index (Phi) is 3.80. The second kappa shape index (κ2) is 5.55. The summed E-state index contributed by atoms with van der Waals surface area (Å²) < 4.78 is 5.70. The molecule has 2 aliphatic rings. The molecule has 1 saturated carbocycles. The first kappa shape index (κ1) is 13.0. The largest absolute Gasteiger partial charge is 0.490 e. The molecule has 19 heavy (non-hydrogen) atoms. The van der Waals surface area contributed by atoms with Gasteiger partial charge in [0.25, 0.3) is 0 Å². The van der Waals surface area contributed by atoms with E-state index >= 15 is 0 Å². The van der Waals surface area contributed by atoms with Gasteiger partial charge >= 0.3 is 0 Å². The number of carbonyl (C=O) groups is 1. The fourth-order valence-corrected chi connectivity index (χ4v) is 3.44. The van der Waals surface area contributed by atoms with Gasteiger partial charge in [0.1, 0.15) is 5.75 Å². The Labute approximate surface area is 118 Å². The number of ketones is 1. The van der Waals surface area contributed by atoms with Gasteiger partial charge in [0, 0.05) is 23.6 Å². The highest BCUT2D eigenvalue weighted by Gasteiger charge is 2.27. The van der Waals surface area contributed by atoms with Gasteiger partial charge in [0.05, 0.1) is 12.1 Å². The summed E-state index contributed by atoms with van der Waals surface area (Å²) in [5, 5.41) is 0. The first-order valence-electron chi connectivity index (χ1n) is 6.83. The summed E-state index contributed by atoms with van der Waals surface area (Å²) in [5.41, 5.74) is 0.794. The molecule has 1 saturated heterocycles. The highest BCUT2D eigenvalue weighted by Crippen LogP contribution is 2.27. The van der Waals surface area contributed by atoms with Crippen molar-refractivity contribution in [3.8, 4) is 5.75 Å². The molecular formula is C15H19NO2S. The quantitative estimate of drug-likeness (QED) is 0.791. The number of carbonyl (C=O) groups excluding carboxylic acids is 1. The Morgan fingerprint density at radius 3 is 2.68 bits per heavy atom. The Bertz CT molecular complexity index is 456. The molecule has 0 spiro atoms. The predicted molar refractivity (Wildman–Crippen MR) is 78.2 cm³/mol. The molecule has 1 aromatic carbocycles. The molecule has 1 heterocycles. The first-order valence-corrected chi connectivity index (χ1v) is 7.98. The monoisotopic (exact) mass is 277 g/mol. The van der Waals surface area contributed by atoms with E-state index in [1.165, 1.54) is 0 Å². The minimum atomic E-state index is 0.0222. The number of benzene rings is 1. The van der Waals surface area contributed by atoms with Crippen molar-refractivity contribution in [1.82, 2.24) is 4.90 Å². The van der Waals surface area contributed by atoms with Crippen LogP contribution in [-0.2, 0) is 0 Å². The van der Waals surface area contributed by atoms with E-state index in [4.69, 9.17) is 4.74 Å². The fourth-order valence-electron chi connectivity index (χ4n) is 2.23. The third kappa shape index (κ3) is 3.12. The van der Waals surface area contributed by atoms with Crippen LogP contribution in [0.1, 0.15) is 23.2 Å². The second-order valence-electron chi connectivity index (χ2n) is 5.28. The molecule has 0 radical (unpaired) electrons. The number of hydrogen-bond acceptors (Lipinski definition) is 4. The van der Waals surface area contributed by atoms with Crippen molar-refractivity contribution >= 4 is 17.5 Å². The van der Waals surface area contributed by atoms with Crippen LogP contribution in [0.15, 0.2) is 24.3 Å². The second-order valence-corrected chi connectivity index (χ2v) is 6.43. The van der Waals surface area contributed by atoms with Crippen LogP contribution in [0.4, 0.5) is 0 Å². The molecule has 1 aromatic rings. The molecule has 0 aromatic heterocycles. The number of rotatable bonds is 4. The van der Waals surface area contributed by atoms with Crippen molar-refractivity contribution in [3.63, 3.8) is 0 Å². The van der Waals surface area contributed by atoms with Gasteiger partial charge in [-0.3, -0.25) is 9.69 Å². The Balaban J connectivity index is 1.68. The Hall–Kier alpha value is -1.00. The smallest absolute Gasteiger partial charge is 0.180 e. The van der Waals surface area contributed by atoms with E-state index < -0.39 is 0 Å². The van der Waals surface area contributed by atoms with Crippen molar-refractivity contribution in [1.29, 1.82) is 0 Å². The van der Waals surface area contributed by atoms with Gasteiger partial charge in [0.15, 0.2) is 5.78 Å².